The zero-order valence-corrected chi connectivity index (χ0v) is 9.67. The van der Waals surface area contributed by atoms with Crippen molar-refractivity contribution >= 4 is 5.78 Å². The van der Waals surface area contributed by atoms with Gasteiger partial charge in [0, 0.05) is 17.9 Å². The highest BCUT2D eigenvalue weighted by Gasteiger charge is 2.33. The SMILES string of the molecule is CC1=C2COCC2CC(=O)/C1=C\C(C)C. The molecule has 1 unspecified atom stereocenters. The molecule has 0 bridgehead atoms. The summed E-state index contributed by atoms with van der Waals surface area (Å²) in [6.07, 6.45) is 2.73. The molecule has 2 rings (SSSR count). The summed E-state index contributed by atoms with van der Waals surface area (Å²) in [5, 5.41) is 0. The van der Waals surface area contributed by atoms with Crippen molar-refractivity contribution in [1.82, 2.24) is 0 Å². The predicted octanol–water partition coefficient (Wildman–Crippen LogP) is 2.50. The lowest BCUT2D eigenvalue weighted by Crippen LogP contribution is -2.20. The lowest BCUT2D eigenvalue weighted by Gasteiger charge is -2.22. The molecule has 0 N–H and O–H groups in total. The minimum Gasteiger partial charge on any atom is -0.376 e. The van der Waals surface area contributed by atoms with Crippen LogP contribution < -0.4 is 0 Å². The Hall–Kier alpha value is -0.890. The number of hydrogen-bond acceptors (Lipinski definition) is 2. The molecule has 0 aromatic heterocycles. The molecule has 0 aromatic rings. The number of fused-ring (bicyclic) bond motifs is 1. The van der Waals surface area contributed by atoms with Crippen LogP contribution in [0.4, 0.5) is 0 Å². The van der Waals surface area contributed by atoms with Crippen LogP contribution in [0.3, 0.4) is 0 Å². The smallest absolute Gasteiger partial charge is 0.163 e. The first-order chi connectivity index (χ1) is 7.09. The topological polar surface area (TPSA) is 26.3 Å². The molecule has 82 valence electrons. The fourth-order valence-electron chi connectivity index (χ4n) is 2.39. The van der Waals surface area contributed by atoms with Gasteiger partial charge in [-0.25, -0.2) is 0 Å². The first kappa shape index (κ1) is 10.6. The van der Waals surface area contributed by atoms with Gasteiger partial charge < -0.3 is 4.74 Å². The largest absolute Gasteiger partial charge is 0.376 e. The fraction of sp³-hybridized carbons (Fsp3) is 0.615. The number of rotatable bonds is 1. The Morgan fingerprint density at radius 1 is 1.47 bits per heavy atom. The van der Waals surface area contributed by atoms with Crippen molar-refractivity contribution in [2.24, 2.45) is 11.8 Å². The van der Waals surface area contributed by atoms with Gasteiger partial charge >= 0.3 is 0 Å². The zero-order valence-electron chi connectivity index (χ0n) is 9.67. The van der Waals surface area contributed by atoms with Crippen molar-refractivity contribution < 1.29 is 9.53 Å². The monoisotopic (exact) mass is 206 g/mol. The molecule has 1 aliphatic carbocycles. The molecule has 2 aliphatic rings. The maximum atomic E-state index is 11.9. The highest BCUT2D eigenvalue weighted by molar-refractivity contribution is 6.01. The van der Waals surface area contributed by atoms with E-state index >= 15 is 0 Å². The summed E-state index contributed by atoms with van der Waals surface area (Å²) in [4.78, 5) is 11.9. The zero-order chi connectivity index (χ0) is 11.0. The average molecular weight is 206 g/mol. The summed E-state index contributed by atoms with van der Waals surface area (Å²) in [7, 11) is 0. The number of hydrogen-bond donors (Lipinski definition) is 0. The van der Waals surface area contributed by atoms with Gasteiger partial charge in [-0.3, -0.25) is 4.79 Å². The first-order valence-electron chi connectivity index (χ1n) is 5.62. The number of allylic oxidation sites excluding steroid dienone is 3. The van der Waals surface area contributed by atoms with Crippen LogP contribution in [0.5, 0.6) is 0 Å². The van der Waals surface area contributed by atoms with Crippen LogP contribution in [0.1, 0.15) is 27.2 Å². The minimum absolute atomic E-state index is 0.292. The lowest BCUT2D eigenvalue weighted by atomic mass is 9.80. The molecule has 0 radical (unpaired) electrons. The van der Waals surface area contributed by atoms with Gasteiger partial charge in [-0.15, -0.1) is 0 Å². The third-order valence-corrected chi connectivity index (χ3v) is 3.19. The quantitative estimate of drug-likeness (QED) is 0.616. The molecular weight excluding hydrogens is 188 g/mol. The van der Waals surface area contributed by atoms with E-state index in [0.29, 0.717) is 24.0 Å². The summed E-state index contributed by atoms with van der Waals surface area (Å²) in [5.74, 6) is 1.08. The summed E-state index contributed by atoms with van der Waals surface area (Å²) < 4.78 is 5.43. The second-order valence-electron chi connectivity index (χ2n) is 4.81. The molecule has 1 fully saturated rings. The second-order valence-corrected chi connectivity index (χ2v) is 4.81. The average Bonchev–Trinajstić information content (AvgIpc) is 2.59. The van der Waals surface area contributed by atoms with E-state index in [4.69, 9.17) is 4.74 Å². The molecule has 1 saturated heterocycles. The third-order valence-electron chi connectivity index (χ3n) is 3.19. The summed E-state index contributed by atoms with van der Waals surface area (Å²) in [6.45, 7) is 7.72. The maximum absolute atomic E-state index is 11.9. The number of carbonyl (C=O) groups excluding carboxylic acids is 1. The molecule has 1 heterocycles. The molecule has 0 aromatic carbocycles. The summed E-state index contributed by atoms with van der Waals surface area (Å²) in [6, 6.07) is 0. The van der Waals surface area contributed by atoms with Gasteiger partial charge in [0.15, 0.2) is 5.78 Å². The van der Waals surface area contributed by atoms with Crippen LogP contribution in [-0.4, -0.2) is 19.0 Å². The molecule has 0 amide bonds. The molecule has 0 spiro atoms. The number of ketones is 1. The van der Waals surface area contributed by atoms with E-state index in [1.54, 1.807) is 0 Å². The molecule has 1 atom stereocenters. The molecular formula is C13H18O2. The van der Waals surface area contributed by atoms with Crippen LogP contribution in [0.2, 0.25) is 0 Å². The lowest BCUT2D eigenvalue weighted by molar-refractivity contribution is -0.116. The Kier molecular flexibility index (Phi) is 2.79. The van der Waals surface area contributed by atoms with Gasteiger partial charge in [0.05, 0.1) is 13.2 Å². The number of ether oxygens (including phenoxy) is 1. The second kappa shape index (κ2) is 3.93. The van der Waals surface area contributed by atoms with Crippen LogP contribution >= 0.6 is 0 Å². The van der Waals surface area contributed by atoms with E-state index in [1.807, 2.05) is 0 Å². The standard InChI is InChI=1S/C13H18O2/c1-8(2)4-11-9(3)12-7-15-6-10(12)5-13(11)14/h4,8,10H,5-7H2,1-3H3/b11-4-. The van der Waals surface area contributed by atoms with Crippen LogP contribution in [0.15, 0.2) is 22.8 Å². The molecule has 15 heavy (non-hydrogen) atoms. The minimum atomic E-state index is 0.292. The van der Waals surface area contributed by atoms with Crippen LogP contribution in [0.25, 0.3) is 0 Å². The van der Waals surface area contributed by atoms with Crippen molar-refractivity contribution in [1.29, 1.82) is 0 Å². The Morgan fingerprint density at radius 2 is 2.20 bits per heavy atom. The predicted molar refractivity (Wildman–Crippen MR) is 59.6 cm³/mol. The Bertz CT molecular complexity index is 348. The first-order valence-corrected chi connectivity index (χ1v) is 5.62. The van der Waals surface area contributed by atoms with Crippen LogP contribution in [0, 0.1) is 11.8 Å². The van der Waals surface area contributed by atoms with Gasteiger partial charge in [0.2, 0.25) is 0 Å². The van der Waals surface area contributed by atoms with Crippen molar-refractivity contribution in [2.75, 3.05) is 13.2 Å². The molecule has 0 saturated carbocycles. The normalized spacial score (nSPS) is 29.2. The van der Waals surface area contributed by atoms with Gasteiger partial charge in [-0.1, -0.05) is 19.9 Å². The van der Waals surface area contributed by atoms with Gasteiger partial charge in [0.1, 0.15) is 0 Å². The van der Waals surface area contributed by atoms with Crippen LogP contribution in [-0.2, 0) is 9.53 Å². The van der Waals surface area contributed by atoms with Gasteiger partial charge in [-0.05, 0) is 24.0 Å². The van der Waals surface area contributed by atoms with Crippen molar-refractivity contribution in [2.45, 2.75) is 27.2 Å². The third kappa shape index (κ3) is 1.91. The van der Waals surface area contributed by atoms with E-state index in [-0.39, 0.29) is 0 Å². The Labute approximate surface area is 91.0 Å². The highest BCUT2D eigenvalue weighted by atomic mass is 16.5. The van der Waals surface area contributed by atoms with E-state index in [0.717, 1.165) is 18.8 Å². The summed E-state index contributed by atoms with van der Waals surface area (Å²) >= 11 is 0. The van der Waals surface area contributed by atoms with Crippen molar-refractivity contribution in [3.63, 3.8) is 0 Å². The Balaban J connectivity index is 2.40. The number of Topliss-reactive ketones (excluding diaryl/α,β-unsaturated/α-hetero) is 1. The molecule has 1 aliphatic heterocycles. The van der Waals surface area contributed by atoms with Crippen molar-refractivity contribution in [3.05, 3.63) is 22.8 Å². The molecule has 2 nitrogen and oxygen atoms in total. The van der Waals surface area contributed by atoms with Gasteiger partial charge in [0.25, 0.3) is 0 Å². The Morgan fingerprint density at radius 3 is 2.87 bits per heavy atom. The van der Waals surface area contributed by atoms with E-state index in [9.17, 15) is 4.79 Å². The highest BCUT2D eigenvalue weighted by Crippen LogP contribution is 2.35. The molecule has 2 heteroatoms. The summed E-state index contributed by atoms with van der Waals surface area (Å²) in [5.41, 5.74) is 3.45. The van der Waals surface area contributed by atoms with E-state index in [1.165, 1.54) is 11.1 Å². The van der Waals surface area contributed by atoms with Crippen molar-refractivity contribution in [3.8, 4) is 0 Å². The van der Waals surface area contributed by atoms with E-state index < -0.39 is 0 Å². The van der Waals surface area contributed by atoms with E-state index in [2.05, 4.69) is 26.8 Å². The maximum Gasteiger partial charge on any atom is 0.163 e. The van der Waals surface area contributed by atoms with Gasteiger partial charge in [-0.2, -0.15) is 0 Å². The number of carbonyl (C=O) groups is 1. The fourth-order valence-corrected chi connectivity index (χ4v) is 2.39.